The van der Waals surface area contributed by atoms with E-state index >= 15 is 0 Å². The van der Waals surface area contributed by atoms with Crippen molar-refractivity contribution < 1.29 is 19.1 Å². The fourth-order valence-corrected chi connectivity index (χ4v) is 3.31. The molecular formula is C18H23N3O4S. The van der Waals surface area contributed by atoms with Gasteiger partial charge in [0.1, 0.15) is 0 Å². The molecule has 0 atom stereocenters. The standard InChI is InChI=1S/C18H23N3O4S/c1-3-19-15(22)11-21(4-2)17(23)12-25-18(24)10-9-16-20-13-7-5-6-8-14(13)26-16/h5-8H,3-4,9-12H2,1-2H3,(H,19,22). The Bertz CT molecular complexity index is 742. The van der Waals surface area contributed by atoms with Crippen LogP contribution >= 0.6 is 11.3 Å². The van der Waals surface area contributed by atoms with Gasteiger partial charge in [0, 0.05) is 19.5 Å². The van der Waals surface area contributed by atoms with Crippen LogP contribution in [0.5, 0.6) is 0 Å². The molecular weight excluding hydrogens is 354 g/mol. The molecule has 0 aliphatic rings. The van der Waals surface area contributed by atoms with E-state index in [2.05, 4.69) is 10.3 Å². The Kier molecular flexibility index (Phi) is 7.53. The number of amides is 2. The summed E-state index contributed by atoms with van der Waals surface area (Å²) in [5, 5.41) is 3.50. The predicted octanol–water partition coefficient (Wildman–Crippen LogP) is 1.76. The van der Waals surface area contributed by atoms with Gasteiger partial charge in [0.25, 0.3) is 5.91 Å². The zero-order valence-electron chi connectivity index (χ0n) is 15.0. The highest BCUT2D eigenvalue weighted by molar-refractivity contribution is 7.18. The fourth-order valence-electron chi connectivity index (χ4n) is 2.34. The van der Waals surface area contributed by atoms with Crippen molar-refractivity contribution in [3.63, 3.8) is 0 Å². The summed E-state index contributed by atoms with van der Waals surface area (Å²) in [6.45, 7) is 4.07. The molecule has 0 unspecified atom stereocenters. The van der Waals surface area contributed by atoms with Crippen LogP contribution in [-0.4, -0.2) is 53.9 Å². The summed E-state index contributed by atoms with van der Waals surface area (Å²) in [6.07, 6.45) is 0.637. The number of esters is 1. The van der Waals surface area contributed by atoms with Crippen molar-refractivity contribution in [2.24, 2.45) is 0 Å². The van der Waals surface area contributed by atoms with Gasteiger partial charge in [0.05, 0.1) is 28.2 Å². The van der Waals surface area contributed by atoms with E-state index in [-0.39, 0.29) is 31.4 Å². The molecule has 8 heteroatoms. The lowest BCUT2D eigenvalue weighted by Crippen LogP contribution is -2.42. The van der Waals surface area contributed by atoms with Crippen molar-refractivity contribution in [3.05, 3.63) is 29.3 Å². The second-order valence-electron chi connectivity index (χ2n) is 5.60. The molecule has 0 aliphatic carbocycles. The Morgan fingerprint density at radius 3 is 2.69 bits per heavy atom. The molecule has 0 fully saturated rings. The number of para-hydroxylation sites is 1. The zero-order valence-corrected chi connectivity index (χ0v) is 15.8. The van der Waals surface area contributed by atoms with Crippen LogP contribution in [0.25, 0.3) is 10.2 Å². The monoisotopic (exact) mass is 377 g/mol. The first-order valence-electron chi connectivity index (χ1n) is 8.58. The molecule has 2 rings (SSSR count). The molecule has 1 heterocycles. The van der Waals surface area contributed by atoms with Crippen LogP contribution in [0.4, 0.5) is 0 Å². The molecule has 0 radical (unpaired) electrons. The third-order valence-electron chi connectivity index (χ3n) is 3.68. The van der Waals surface area contributed by atoms with Crippen molar-refractivity contribution in [3.8, 4) is 0 Å². The zero-order chi connectivity index (χ0) is 18.9. The van der Waals surface area contributed by atoms with Crippen LogP contribution in [0.2, 0.25) is 0 Å². The largest absolute Gasteiger partial charge is 0.456 e. The maximum absolute atomic E-state index is 12.1. The molecule has 26 heavy (non-hydrogen) atoms. The van der Waals surface area contributed by atoms with Crippen LogP contribution in [0, 0.1) is 0 Å². The summed E-state index contributed by atoms with van der Waals surface area (Å²) in [5.41, 5.74) is 0.917. The van der Waals surface area contributed by atoms with E-state index in [1.807, 2.05) is 31.2 Å². The summed E-state index contributed by atoms with van der Waals surface area (Å²) in [7, 11) is 0. The molecule has 7 nitrogen and oxygen atoms in total. The van der Waals surface area contributed by atoms with Gasteiger partial charge in [-0.1, -0.05) is 12.1 Å². The quantitative estimate of drug-likeness (QED) is 0.673. The van der Waals surface area contributed by atoms with Gasteiger partial charge < -0.3 is 15.0 Å². The molecule has 0 saturated heterocycles. The number of hydrogen-bond donors (Lipinski definition) is 1. The summed E-state index contributed by atoms with van der Waals surface area (Å²) >= 11 is 1.55. The Balaban J connectivity index is 1.76. The van der Waals surface area contributed by atoms with E-state index < -0.39 is 5.97 Å². The second-order valence-corrected chi connectivity index (χ2v) is 6.71. The minimum atomic E-state index is -0.452. The van der Waals surface area contributed by atoms with Crippen molar-refractivity contribution >= 4 is 39.3 Å². The summed E-state index contributed by atoms with van der Waals surface area (Å²) in [5.74, 6) is -1.07. The molecule has 1 N–H and O–H groups in total. The second kappa shape index (κ2) is 9.86. The Morgan fingerprint density at radius 2 is 2.00 bits per heavy atom. The van der Waals surface area contributed by atoms with Crippen LogP contribution in [0.3, 0.4) is 0 Å². The van der Waals surface area contributed by atoms with Gasteiger partial charge in [-0.3, -0.25) is 14.4 Å². The van der Waals surface area contributed by atoms with Crippen molar-refractivity contribution in [1.29, 1.82) is 0 Å². The van der Waals surface area contributed by atoms with E-state index in [4.69, 9.17) is 4.74 Å². The number of carbonyl (C=O) groups excluding carboxylic acids is 3. The minimum absolute atomic E-state index is 0.0353. The highest BCUT2D eigenvalue weighted by Gasteiger charge is 2.17. The number of thiazole rings is 1. The third kappa shape index (κ3) is 5.80. The Hall–Kier alpha value is -2.48. The molecule has 2 aromatic rings. The van der Waals surface area contributed by atoms with Crippen molar-refractivity contribution in [1.82, 2.24) is 15.2 Å². The number of carbonyl (C=O) groups is 3. The van der Waals surface area contributed by atoms with E-state index in [0.717, 1.165) is 15.2 Å². The number of benzene rings is 1. The molecule has 0 bridgehead atoms. The topological polar surface area (TPSA) is 88.6 Å². The highest BCUT2D eigenvalue weighted by Crippen LogP contribution is 2.22. The lowest BCUT2D eigenvalue weighted by Gasteiger charge is -2.19. The normalized spacial score (nSPS) is 10.5. The number of aryl methyl sites for hydroxylation is 1. The molecule has 0 saturated carbocycles. The van der Waals surface area contributed by atoms with Crippen molar-refractivity contribution in [2.75, 3.05) is 26.2 Å². The molecule has 0 aliphatic heterocycles. The number of nitrogens with zero attached hydrogens (tertiary/aromatic N) is 2. The number of ether oxygens (including phenoxy) is 1. The van der Waals surface area contributed by atoms with Crippen LogP contribution in [0.15, 0.2) is 24.3 Å². The summed E-state index contributed by atoms with van der Waals surface area (Å²) in [4.78, 5) is 41.3. The van der Waals surface area contributed by atoms with Crippen LogP contribution in [-0.2, 0) is 25.5 Å². The number of likely N-dealkylation sites (N-methyl/N-ethyl adjacent to an activating group) is 2. The van der Waals surface area contributed by atoms with Gasteiger partial charge in [-0.05, 0) is 26.0 Å². The van der Waals surface area contributed by atoms with E-state index in [0.29, 0.717) is 19.5 Å². The van der Waals surface area contributed by atoms with Gasteiger partial charge in [-0.25, -0.2) is 4.98 Å². The number of hydrogen-bond acceptors (Lipinski definition) is 6. The van der Waals surface area contributed by atoms with Gasteiger partial charge in [0.15, 0.2) is 6.61 Å². The predicted molar refractivity (Wildman–Crippen MR) is 99.8 cm³/mol. The lowest BCUT2D eigenvalue weighted by atomic mass is 10.3. The first kappa shape index (κ1) is 19.8. The fraction of sp³-hybridized carbons (Fsp3) is 0.444. The molecule has 140 valence electrons. The Labute approximate surface area is 156 Å². The SMILES string of the molecule is CCNC(=O)CN(CC)C(=O)COC(=O)CCc1nc2ccccc2s1. The number of fused-ring (bicyclic) bond motifs is 1. The molecule has 1 aromatic carbocycles. The maximum atomic E-state index is 12.1. The lowest BCUT2D eigenvalue weighted by molar-refractivity contribution is -0.152. The first-order valence-corrected chi connectivity index (χ1v) is 9.39. The minimum Gasteiger partial charge on any atom is -0.456 e. The summed E-state index contributed by atoms with van der Waals surface area (Å²) < 4.78 is 6.12. The van der Waals surface area contributed by atoms with Crippen LogP contribution < -0.4 is 5.32 Å². The van der Waals surface area contributed by atoms with Crippen LogP contribution in [0.1, 0.15) is 25.3 Å². The average molecular weight is 377 g/mol. The van der Waals surface area contributed by atoms with Gasteiger partial charge in [-0.15, -0.1) is 11.3 Å². The van der Waals surface area contributed by atoms with E-state index in [9.17, 15) is 14.4 Å². The number of rotatable bonds is 9. The van der Waals surface area contributed by atoms with Gasteiger partial charge in [0.2, 0.25) is 5.91 Å². The maximum Gasteiger partial charge on any atom is 0.306 e. The number of nitrogens with one attached hydrogen (secondary N) is 1. The summed E-state index contributed by atoms with van der Waals surface area (Å²) in [6, 6.07) is 7.79. The smallest absolute Gasteiger partial charge is 0.306 e. The van der Waals surface area contributed by atoms with E-state index in [1.165, 1.54) is 4.90 Å². The average Bonchev–Trinajstić information content (AvgIpc) is 3.05. The number of aromatic nitrogens is 1. The highest BCUT2D eigenvalue weighted by atomic mass is 32.1. The molecule has 2 amide bonds. The van der Waals surface area contributed by atoms with E-state index in [1.54, 1.807) is 18.3 Å². The third-order valence-corrected chi connectivity index (χ3v) is 4.78. The Morgan fingerprint density at radius 1 is 1.23 bits per heavy atom. The van der Waals surface area contributed by atoms with Crippen molar-refractivity contribution in [2.45, 2.75) is 26.7 Å². The van der Waals surface area contributed by atoms with Gasteiger partial charge in [-0.2, -0.15) is 0 Å². The van der Waals surface area contributed by atoms with Gasteiger partial charge >= 0.3 is 5.97 Å². The molecule has 1 aromatic heterocycles. The first-order chi connectivity index (χ1) is 12.5. The molecule has 0 spiro atoms.